The van der Waals surface area contributed by atoms with Crippen molar-refractivity contribution in [3.63, 3.8) is 0 Å². The van der Waals surface area contributed by atoms with Gasteiger partial charge in [0.15, 0.2) is 0 Å². The van der Waals surface area contributed by atoms with E-state index in [0.29, 0.717) is 0 Å². The lowest BCUT2D eigenvalue weighted by atomic mass is 9.64. The maximum atomic E-state index is 2.59. The van der Waals surface area contributed by atoms with Gasteiger partial charge in [-0.2, -0.15) is 0 Å². The Kier molecular flexibility index (Phi) is 3.19. The lowest BCUT2D eigenvalue weighted by Crippen LogP contribution is -2.32. The summed E-state index contributed by atoms with van der Waals surface area (Å²) in [5.41, 5.74) is 0.732. The van der Waals surface area contributed by atoms with Gasteiger partial charge in [-0.25, -0.2) is 0 Å². The first-order chi connectivity index (χ1) is 6.76. The molecule has 2 unspecified atom stereocenters. The van der Waals surface area contributed by atoms with E-state index in [2.05, 4.69) is 13.8 Å². The minimum atomic E-state index is 0.732. The van der Waals surface area contributed by atoms with Gasteiger partial charge in [0.2, 0.25) is 0 Å². The van der Waals surface area contributed by atoms with E-state index in [1.54, 1.807) is 0 Å². The van der Waals surface area contributed by atoms with E-state index in [1.165, 1.54) is 57.8 Å². The van der Waals surface area contributed by atoms with Crippen LogP contribution in [0.1, 0.15) is 71.6 Å². The van der Waals surface area contributed by atoms with Gasteiger partial charge in [0.1, 0.15) is 0 Å². The van der Waals surface area contributed by atoms with Gasteiger partial charge in [-0.05, 0) is 36.5 Å². The molecule has 0 bridgehead atoms. The third-order valence-electron chi connectivity index (χ3n) is 5.07. The highest BCUT2D eigenvalue weighted by Gasteiger charge is 2.41. The Bertz CT molecular complexity index is 176. The van der Waals surface area contributed by atoms with Gasteiger partial charge in [-0.1, -0.05) is 52.4 Å². The number of hydrogen-bond acceptors (Lipinski definition) is 0. The molecule has 0 nitrogen and oxygen atoms in total. The molecule has 0 radical (unpaired) electrons. The van der Waals surface area contributed by atoms with Crippen molar-refractivity contribution in [2.45, 2.75) is 71.6 Å². The van der Waals surface area contributed by atoms with Crippen LogP contribution >= 0.6 is 0 Å². The third-order valence-corrected chi connectivity index (χ3v) is 5.07. The Hall–Kier alpha value is 0. The summed E-state index contributed by atoms with van der Waals surface area (Å²) in [4.78, 5) is 0. The first-order valence-corrected chi connectivity index (χ1v) is 6.76. The molecule has 0 heteroatoms. The van der Waals surface area contributed by atoms with Crippen molar-refractivity contribution in [1.82, 2.24) is 0 Å². The smallest absolute Gasteiger partial charge is 0.0295 e. The second kappa shape index (κ2) is 4.24. The second-order valence-corrected chi connectivity index (χ2v) is 5.92. The average molecular weight is 194 g/mol. The van der Waals surface area contributed by atoms with Gasteiger partial charge >= 0.3 is 0 Å². The minimum absolute atomic E-state index is 0.732. The quantitative estimate of drug-likeness (QED) is 0.593. The molecule has 14 heavy (non-hydrogen) atoms. The zero-order valence-electron chi connectivity index (χ0n) is 10.0. The molecule has 2 atom stereocenters. The fourth-order valence-electron chi connectivity index (χ4n) is 4.17. The first kappa shape index (κ1) is 10.5. The first-order valence-electron chi connectivity index (χ1n) is 6.76. The van der Waals surface area contributed by atoms with E-state index in [-0.39, 0.29) is 0 Å². The minimum Gasteiger partial charge on any atom is -0.0651 e. The van der Waals surface area contributed by atoms with Gasteiger partial charge in [0.25, 0.3) is 0 Å². The van der Waals surface area contributed by atoms with Crippen molar-refractivity contribution in [3.8, 4) is 0 Å². The van der Waals surface area contributed by atoms with Crippen LogP contribution in [0, 0.1) is 17.3 Å². The molecular weight excluding hydrogens is 168 g/mol. The third kappa shape index (κ3) is 1.85. The van der Waals surface area contributed by atoms with Crippen LogP contribution in [-0.4, -0.2) is 0 Å². The molecule has 2 saturated carbocycles. The van der Waals surface area contributed by atoms with Crippen molar-refractivity contribution in [2.75, 3.05) is 0 Å². The molecule has 2 rings (SSSR count). The highest BCUT2D eigenvalue weighted by atomic mass is 14.5. The SMILES string of the molecule is CCC1CCCC1C1(C)CCCCC1. The molecule has 0 saturated heterocycles. The summed E-state index contributed by atoms with van der Waals surface area (Å²) in [6, 6.07) is 0. The monoisotopic (exact) mass is 194 g/mol. The Morgan fingerprint density at radius 2 is 1.71 bits per heavy atom. The normalized spacial score (nSPS) is 37.3. The van der Waals surface area contributed by atoms with Gasteiger partial charge in [0, 0.05) is 0 Å². The van der Waals surface area contributed by atoms with Crippen LogP contribution < -0.4 is 0 Å². The highest BCUT2D eigenvalue weighted by Crippen LogP contribution is 2.51. The topological polar surface area (TPSA) is 0 Å². The molecule has 2 aliphatic rings. The van der Waals surface area contributed by atoms with Crippen molar-refractivity contribution in [2.24, 2.45) is 17.3 Å². The van der Waals surface area contributed by atoms with Crippen molar-refractivity contribution >= 4 is 0 Å². The van der Waals surface area contributed by atoms with Crippen molar-refractivity contribution in [3.05, 3.63) is 0 Å². The van der Waals surface area contributed by atoms with Gasteiger partial charge < -0.3 is 0 Å². The average Bonchev–Trinajstić information content (AvgIpc) is 2.67. The Morgan fingerprint density at radius 1 is 1.00 bits per heavy atom. The van der Waals surface area contributed by atoms with E-state index in [4.69, 9.17) is 0 Å². The maximum Gasteiger partial charge on any atom is -0.0295 e. The zero-order valence-corrected chi connectivity index (χ0v) is 10.0. The molecule has 0 amide bonds. The van der Waals surface area contributed by atoms with Crippen LogP contribution in [0.5, 0.6) is 0 Å². The van der Waals surface area contributed by atoms with Crippen LogP contribution in [0.2, 0.25) is 0 Å². The summed E-state index contributed by atoms with van der Waals surface area (Å²) >= 11 is 0. The van der Waals surface area contributed by atoms with Crippen molar-refractivity contribution < 1.29 is 0 Å². The molecule has 82 valence electrons. The Balaban J connectivity index is 2.03. The van der Waals surface area contributed by atoms with E-state index >= 15 is 0 Å². The summed E-state index contributed by atoms with van der Waals surface area (Å²) in [6.45, 7) is 4.99. The maximum absolute atomic E-state index is 2.59. The molecular formula is C14H26. The summed E-state index contributed by atoms with van der Waals surface area (Å²) in [5.74, 6) is 2.14. The van der Waals surface area contributed by atoms with Crippen LogP contribution in [0.25, 0.3) is 0 Å². The highest BCUT2D eigenvalue weighted by molar-refractivity contribution is 4.91. The van der Waals surface area contributed by atoms with Crippen molar-refractivity contribution in [1.29, 1.82) is 0 Å². The predicted octanol–water partition coefficient (Wildman–Crippen LogP) is 4.78. The molecule has 0 aromatic carbocycles. The summed E-state index contributed by atoms with van der Waals surface area (Å²) in [5, 5.41) is 0. The van der Waals surface area contributed by atoms with E-state index < -0.39 is 0 Å². The lowest BCUT2D eigenvalue weighted by molar-refractivity contribution is 0.0870. The fourth-order valence-corrected chi connectivity index (χ4v) is 4.17. The van der Waals surface area contributed by atoms with E-state index in [1.807, 2.05) is 0 Å². The van der Waals surface area contributed by atoms with Crippen LogP contribution in [-0.2, 0) is 0 Å². The fraction of sp³-hybridized carbons (Fsp3) is 1.00. The second-order valence-electron chi connectivity index (χ2n) is 5.92. The van der Waals surface area contributed by atoms with Gasteiger partial charge in [-0.3, -0.25) is 0 Å². The van der Waals surface area contributed by atoms with Gasteiger partial charge in [-0.15, -0.1) is 0 Å². The van der Waals surface area contributed by atoms with Gasteiger partial charge in [0.05, 0.1) is 0 Å². The standard InChI is InChI=1S/C14H26/c1-3-12-8-7-9-13(12)14(2)10-5-4-6-11-14/h12-13H,3-11H2,1-2H3. The largest absolute Gasteiger partial charge is 0.0651 e. The van der Waals surface area contributed by atoms with E-state index in [9.17, 15) is 0 Å². The summed E-state index contributed by atoms with van der Waals surface area (Å²) < 4.78 is 0. The lowest BCUT2D eigenvalue weighted by Gasteiger charge is -2.42. The molecule has 2 fully saturated rings. The number of hydrogen-bond donors (Lipinski definition) is 0. The Morgan fingerprint density at radius 3 is 2.36 bits per heavy atom. The zero-order chi connectivity index (χ0) is 10.0. The molecule has 0 heterocycles. The number of rotatable bonds is 2. The van der Waals surface area contributed by atoms with E-state index in [0.717, 1.165) is 17.3 Å². The summed E-state index contributed by atoms with van der Waals surface area (Å²) in [7, 11) is 0. The van der Waals surface area contributed by atoms with Crippen LogP contribution in [0.4, 0.5) is 0 Å². The molecule has 0 aliphatic heterocycles. The Labute approximate surface area is 89.5 Å². The molecule has 0 spiro atoms. The van der Waals surface area contributed by atoms with Crippen LogP contribution in [0.3, 0.4) is 0 Å². The molecule has 0 aromatic rings. The van der Waals surface area contributed by atoms with Crippen LogP contribution in [0.15, 0.2) is 0 Å². The predicted molar refractivity (Wildman–Crippen MR) is 62.3 cm³/mol. The molecule has 0 N–H and O–H groups in total. The molecule has 2 aliphatic carbocycles. The summed E-state index contributed by atoms with van der Waals surface area (Å²) in [6.07, 6.45) is 13.6. The molecule has 0 aromatic heterocycles.